The molecule has 2 saturated carbocycles. The Kier molecular flexibility index (Phi) is 1.45. The summed E-state index contributed by atoms with van der Waals surface area (Å²) >= 11 is 0. The largest absolute Gasteiger partial charge is 0.392 e. The number of hydrogen-bond acceptors (Lipinski definition) is 2. The average molecular weight is 170 g/mol. The lowest BCUT2D eigenvalue weighted by molar-refractivity contribution is -0.0970. The fourth-order valence-electron chi connectivity index (χ4n) is 3.22. The molecule has 2 nitrogen and oxygen atoms in total. The Bertz CT molecular complexity index is 212. The second-order valence-corrected chi connectivity index (χ2v) is 5.38. The molecule has 0 amide bonds. The van der Waals surface area contributed by atoms with Crippen molar-refractivity contribution >= 4 is 0 Å². The van der Waals surface area contributed by atoms with E-state index in [0.29, 0.717) is 5.92 Å². The predicted octanol–water partition coefficient (Wildman–Crippen LogP) is 1.16. The van der Waals surface area contributed by atoms with Gasteiger partial charge >= 0.3 is 0 Å². The zero-order chi connectivity index (χ0) is 9.15. The van der Waals surface area contributed by atoms with Crippen LogP contribution in [0.15, 0.2) is 0 Å². The minimum absolute atomic E-state index is 0.00792. The molecule has 2 aliphatic rings. The van der Waals surface area contributed by atoms with Gasteiger partial charge in [0.25, 0.3) is 0 Å². The summed E-state index contributed by atoms with van der Waals surface area (Å²) < 4.78 is 0. The Morgan fingerprint density at radius 3 is 2.08 bits per heavy atom. The van der Waals surface area contributed by atoms with Crippen molar-refractivity contribution in [1.29, 1.82) is 0 Å². The van der Waals surface area contributed by atoms with Gasteiger partial charge in [-0.15, -0.1) is 0 Å². The highest BCUT2D eigenvalue weighted by atomic mass is 16.3. The van der Waals surface area contributed by atoms with Crippen LogP contribution in [-0.2, 0) is 0 Å². The van der Waals surface area contributed by atoms with Gasteiger partial charge in [0.05, 0.1) is 12.2 Å². The van der Waals surface area contributed by atoms with E-state index < -0.39 is 0 Å². The summed E-state index contributed by atoms with van der Waals surface area (Å²) in [7, 11) is 0. The van der Waals surface area contributed by atoms with E-state index in [0.717, 1.165) is 12.8 Å². The maximum Gasteiger partial charge on any atom is 0.0672 e. The maximum absolute atomic E-state index is 10.0. The third-order valence-electron chi connectivity index (χ3n) is 4.34. The summed E-state index contributed by atoms with van der Waals surface area (Å²) in [6.07, 6.45) is 1.24. The molecule has 4 atom stereocenters. The van der Waals surface area contributed by atoms with Crippen LogP contribution < -0.4 is 0 Å². The fourth-order valence-corrected chi connectivity index (χ4v) is 3.22. The standard InChI is InChI=1S/C10H18O2/c1-9(2)6-4-7(11)10(3,5-6)8(9)12/h6-8,11-12H,4-5H2,1-3H3/t6-,7-,8+,10+/m0/s1. The van der Waals surface area contributed by atoms with Crippen molar-refractivity contribution in [3.05, 3.63) is 0 Å². The van der Waals surface area contributed by atoms with Gasteiger partial charge in [0.2, 0.25) is 0 Å². The van der Waals surface area contributed by atoms with Crippen molar-refractivity contribution in [1.82, 2.24) is 0 Å². The highest BCUT2D eigenvalue weighted by Crippen LogP contribution is 2.62. The molecule has 0 unspecified atom stereocenters. The molecule has 0 saturated heterocycles. The molecule has 70 valence electrons. The molecule has 2 bridgehead atoms. The Morgan fingerprint density at radius 2 is 1.75 bits per heavy atom. The minimum atomic E-state index is -0.334. The summed E-state index contributed by atoms with van der Waals surface area (Å²) in [6.45, 7) is 6.23. The van der Waals surface area contributed by atoms with E-state index in [4.69, 9.17) is 0 Å². The van der Waals surface area contributed by atoms with Gasteiger partial charge in [0.15, 0.2) is 0 Å². The predicted molar refractivity (Wildman–Crippen MR) is 46.6 cm³/mol. The van der Waals surface area contributed by atoms with Crippen LogP contribution in [0.1, 0.15) is 33.6 Å². The SMILES string of the molecule is CC1(C)[C@H]2C[C@H](O)[C@@](C)(C2)[C@@H]1O. The first-order valence-corrected chi connectivity index (χ1v) is 4.75. The summed E-state index contributed by atoms with van der Waals surface area (Å²) in [4.78, 5) is 0. The van der Waals surface area contributed by atoms with Crippen molar-refractivity contribution in [3.8, 4) is 0 Å². The Balaban J connectivity index is 2.36. The Morgan fingerprint density at radius 1 is 1.17 bits per heavy atom. The van der Waals surface area contributed by atoms with Crippen LogP contribution in [0, 0.1) is 16.7 Å². The molecule has 0 aromatic heterocycles. The van der Waals surface area contributed by atoms with Crippen LogP contribution in [-0.4, -0.2) is 22.4 Å². The molecule has 2 N–H and O–H groups in total. The molecule has 2 fully saturated rings. The first kappa shape index (κ1) is 8.52. The molecule has 2 aliphatic carbocycles. The van der Waals surface area contributed by atoms with Crippen molar-refractivity contribution in [2.24, 2.45) is 16.7 Å². The normalized spacial score (nSPS) is 56.2. The molecule has 2 heteroatoms. The lowest BCUT2D eigenvalue weighted by Crippen LogP contribution is -2.47. The van der Waals surface area contributed by atoms with Crippen LogP contribution >= 0.6 is 0 Å². The first-order valence-electron chi connectivity index (χ1n) is 4.75. The lowest BCUT2D eigenvalue weighted by atomic mass is 9.69. The van der Waals surface area contributed by atoms with E-state index in [1.165, 1.54) is 0 Å². The van der Waals surface area contributed by atoms with Crippen molar-refractivity contribution in [2.45, 2.75) is 45.8 Å². The monoisotopic (exact) mass is 170 g/mol. The molecule has 12 heavy (non-hydrogen) atoms. The van der Waals surface area contributed by atoms with Gasteiger partial charge in [-0.3, -0.25) is 0 Å². The highest BCUT2D eigenvalue weighted by molar-refractivity contribution is 5.12. The minimum Gasteiger partial charge on any atom is -0.392 e. The lowest BCUT2D eigenvalue weighted by Gasteiger charge is -2.41. The van der Waals surface area contributed by atoms with Gasteiger partial charge in [0, 0.05) is 5.41 Å². The molecular formula is C10H18O2. The zero-order valence-electron chi connectivity index (χ0n) is 8.04. The smallest absolute Gasteiger partial charge is 0.0672 e. The summed E-state index contributed by atoms with van der Waals surface area (Å²) in [5.74, 6) is 0.507. The fraction of sp³-hybridized carbons (Fsp3) is 1.00. The van der Waals surface area contributed by atoms with Gasteiger partial charge in [-0.1, -0.05) is 20.8 Å². The molecule has 0 spiro atoms. The van der Waals surface area contributed by atoms with E-state index >= 15 is 0 Å². The van der Waals surface area contributed by atoms with Gasteiger partial charge in [-0.2, -0.15) is 0 Å². The second kappa shape index (κ2) is 2.05. The third kappa shape index (κ3) is 0.728. The molecule has 0 aromatic rings. The Hall–Kier alpha value is -0.0800. The van der Waals surface area contributed by atoms with Gasteiger partial charge < -0.3 is 10.2 Å². The summed E-state index contributed by atoms with van der Waals surface area (Å²) in [6, 6.07) is 0. The number of hydrogen-bond donors (Lipinski definition) is 2. The van der Waals surface area contributed by atoms with Crippen LogP contribution in [0.5, 0.6) is 0 Å². The topological polar surface area (TPSA) is 40.5 Å². The molecular weight excluding hydrogens is 152 g/mol. The highest BCUT2D eigenvalue weighted by Gasteiger charge is 2.63. The summed E-state index contributed by atoms with van der Waals surface area (Å²) in [5.41, 5.74) is -0.220. The molecule has 0 radical (unpaired) electrons. The van der Waals surface area contributed by atoms with Crippen molar-refractivity contribution in [2.75, 3.05) is 0 Å². The average Bonchev–Trinajstić information content (AvgIpc) is 2.34. The zero-order valence-corrected chi connectivity index (χ0v) is 8.04. The van der Waals surface area contributed by atoms with Gasteiger partial charge in [-0.05, 0) is 24.2 Å². The first-order chi connectivity index (χ1) is 5.39. The van der Waals surface area contributed by atoms with Crippen molar-refractivity contribution < 1.29 is 10.2 Å². The number of rotatable bonds is 0. The quantitative estimate of drug-likeness (QED) is 0.573. The van der Waals surface area contributed by atoms with Gasteiger partial charge in [0.1, 0.15) is 0 Å². The maximum atomic E-state index is 10.0. The van der Waals surface area contributed by atoms with E-state index in [1.807, 2.05) is 6.92 Å². The van der Waals surface area contributed by atoms with Crippen LogP contribution in [0.25, 0.3) is 0 Å². The van der Waals surface area contributed by atoms with E-state index in [-0.39, 0.29) is 23.0 Å². The van der Waals surface area contributed by atoms with Crippen LogP contribution in [0.4, 0.5) is 0 Å². The van der Waals surface area contributed by atoms with Crippen LogP contribution in [0.3, 0.4) is 0 Å². The van der Waals surface area contributed by atoms with Gasteiger partial charge in [-0.25, -0.2) is 0 Å². The number of fused-ring (bicyclic) bond motifs is 2. The van der Waals surface area contributed by atoms with E-state index in [9.17, 15) is 10.2 Å². The van der Waals surface area contributed by atoms with E-state index in [2.05, 4.69) is 13.8 Å². The number of aliphatic hydroxyl groups is 2. The molecule has 2 rings (SSSR count). The van der Waals surface area contributed by atoms with Crippen molar-refractivity contribution in [3.63, 3.8) is 0 Å². The second-order valence-electron chi connectivity index (χ2n) is 5.38. The Labute approximate surface area is 73.6 Å². The summed E-state index contributed by atoms with van der Waals surface area (Å²) in [5, 5.41) is 19.7. The van der Waals surface area contributed by atoms with Crippen LogP contribution in [0.2, 0.25) is 0 Å². The number of aliphatic hydroxyl groups excluding tert-OH is 2. The molecule has 0 aromatic carbocycles. The third-order valence-corrected chi connectivity index (χ3v) is 4.34. The molecule has 0 aliphatic heterocycles. The molecule has 0 heterocycles. The van der Waals surface area contributed by atoms with E-state index in [1.54, 1.807) is 0 Å².